The number of hydrogen-bond donors (Lipinski definition) is 2. The summed E-state index contributed by atoms with van der Waals surface area (Å²) in [6.07, 6.45) is 0.919. The van der Waals surface area contributed by atoms with Crippen LogP contribution >= 0.6 is 11.6 Å². The van der Waals surface area contributed by atoms with E-state index in [0.29, 0.717) is 29.4 Å². The zero-order chi connectivity index (χ0) is 15.3. The predicted octanol–water partition coefficient (Wildman–Crippen LogP) is 2.26. The molecule has 0 aliphatic heterocycles. The van der Waals surface area contributed by atoms with Crippen LogP contribution in [0.1, 0.15) is 31.4 Å². The minimum absolute atomic E-state index is 0.0908. The number of halogens is 1. The van der Waals surface area contributed by atoms with Crippen molar-refractivity contribution in [2.24, 2.45) is 17.4 Å². The fourth-order valence-electron chi connectivity index (χ4n) is 2.20. The van der Waals surface area contributed by atoms with Gasteiger partial charge in [-0.1, -0.05) is 18.5 Å². The van der Waals surface area contributed by atoms with Crippen molar-refractivity contribution in [1.29, 1.82) is 0 Å². The van der Waals surface area contributed by atoms with Crippen molar-refractivity contribution in [3.05, 3.63) is 22.7 Å². The molecule has 1 aromatic rings. The number of carbonyl (C=O) groups is 1. The van der Waals surface area contributed by atoms with E-state index in [1.165, 1.54) is 14.2 Å². The van der Waals surface area contributed by atoms with Crippen LogP contribution < -0.4 is 20.9 Å². The topological polar surface area (TPSA) is 87.6 Å². The van der Waals surface area contributed by atoms with Crippen molar-refractivity contribution in [2.45, 2.75) is 25.8 Å². The molecule has 1 rings (SSSR count). The second-order valence-corrected chi connectivity index (χ2v) is 5.20. The summed E-state index contributed by atoms with van der Waals surface area (Å²) >= 11 is 6.20. The third-order valence-electron chi connectivity index (χ3n) is 3.12. The molecule has 5 nitrogen and oxygen atoms in total. The zero-order valence-corrected chi connectivity index (χ0v) is 12.7. The molecule has 0 aliphatic rings. The van der Waals surface area contributed by atoms with Gasteiger partial charge in [0.2, 0.25) is 5.91 Å². The van der Waals surface area contributed by atoms with Gasteiger partial charge in [-0.2, -0.15) is 0 Å². The molecule has 0 saturated heterocycles. The Morgan fingerprint density at radius 3 is 2.50 bits per heavy atom. The number of primary amides is 1. The molecule has 1 amide bonds. The fourth-order valence-corrected chi connectivity index (χ4v) is 2.52. The van der Waals surface area contributed by atoms with Crippen molar-refractivity contribution in [3.63, 3.8) is 0 Å². The molecular formula is C14H21ClN2O3. The molecule has 1 aromatic carbocycles. The highest BCUT2D eigenvalue weighted by atomic mass is 35.5. The molecule has 0 radical (unpaired) electrons. The van der Waals surface area contributed by atoms with Gasteiger partial charge < -0.3 is 20.9 Å². The maximum absolute atomic E-state index is 10.9. The lowest BCUT2D eigenvalue weighted by Crippen LogP contribution is -2.20. The average molecular weight is 301 g/mol. The Morgan fingerprint density at radius 1 is 1.35 bits per heavy atom. The second kappa shape index (κ2) is 7.36. The SMILES string of the molecule is COc1ccc(C(N)CC(C)CC(N)=O)c(OC)c1Cl. The van der Waals surface area contributed by atoms with Crippen molar-refractivity contribution in [3.8, 4) is 11.5 Å². The first kappa shape index (κ1) is 16.6. The molecule has 2 atom stereocenters. The van der Waals surface area contributed by atoms with Crippen LogP contribution in [0.5, 0.6) is 11.5 Å². The maximum atomic E-state index is 10.9. The van der Waals surface area contributed by atoms with Gasteiger partial charge in [-0.3, -0.25) is 4.79 Å². The molecule has 6 heteroatoms. The van der Waals surface area contributed by atoms with E-state index in [4.69, 9.17) is 32.5 Å². The summed E-state index contributed by atoms with van der Waals surface area (Å²) in [7, 11) is 3.07. The van der Waals surface area contributed by atoms with Crippen molar-refractivity contribution in [2.75, 3.05) is 14.2 Å². The fraction of sp³-hybridized carbons (Fsp3) is 0.500. The van der Waals surface area contributed by atoms with E-state index < -0.39 is 0 Å². The van der Waals surface area contributed by atoms with Crippen LogP contribution in [0.15, 0.2) is 12.1 Å². The molecule has 0 spiro atoms. The van der Waals surface area contributed by atoms with Gasteiger partial charge in [-0.25, -0.2) is 0 Å². The first-order valence-corrected chi connectivity index (χ1v) is 6.72. The molecule has 0 saturated carbocycles. The minimum Gasteiger partial charge on any atom is -0.495 e. The highest BCUT2D eigenvalue weighted by molar-refractivity contribution is 6.33. The number of amides is 1. The molecule has 0 bridgehead atoms. The standard InChI is InChI=1S/C14H21ClN2O3/c1-8(7-12(17)18)6-10(16)9-4-5-11(19-2)13(15)14(9)20-3/h4-5,8,10H,6-7,16H2,1-3H3,(H2,17,18). The summed E-state index contributed by atoms with van der Waals surface area (Å²) in [6.45, 7) is 1.93. The Hall–Kier alpha value is -1.46. The van der Waals surface area contributed by atoms with Gasteiger partial charge in [-0.05, 0) is 24.5 Å². The number of benzene rings is 1. The van der Waals surface area contributed by atoms with E-state index in [-0.39, 0.29) is 17.9 Å². The predicted molar refractivity (Wildman–Crippen MR) is 79.1 cm³/mol. The molecular weight excluding hydrogens is 280 g/mol. The van der Waals surface area contributed by atoms with Crippen molar-refractivity contribution in [1.82, 2.24) is 0 Å². The molecule has 20 heavy (non-hydrogen) atoms. The summed E-state index contributed by atoms with van der Waals surface area (Å²) in [6, 6.07) is 3.28. The maximum Gasteiger partial charge on any atom is 0.217 e. The Labute approximate surface area is 124 Å². The third-order valence-corrected chi connectivity index (χ3v) is 3.48. The number of nitrogens with two attached hydrogens (primary N) is 2. The van der Waals surface area contributed by atoms with E-state index >= 15 is 0 Å². The lowest BCUT2D eigenvalue weighted by molar-refractivity contribution is -0.118. The Bertz CT molecular complexity index is 480. The van der Waals surface area contributed by atoms with Crippen LogP contribution in [0.25, 0.3) is 0 Å². The quantitative estimate of drug-likeness (QED) is 0.808. The monoisotopic (exact) mass is 300 g/mol. The highest BCUT2D eigenvalue weighted by Crippen LogP contribution is 2.40. The van der Waals surface area contributed by atoms with E-state index in [0.717, 1.165) is 5.56 Å². The molecule has 112 valence electrons. The molecule has 0 aliphatic carbocycles. The number of methoxy groups -OCH3 is 2. The number of ether oxygens (including phenoxy) is 2. The molecule has 0 fully saturated rings. The lowest BCUT2D eigenvalue weighted by atomic mass is 9.93. The second-order valence-electron chi connectivity index (χ2n) is 4.82. The Morgan fingerprint density at radius 2 is 2.00 bits per heavy atom. The van der Waals surface area contributed by atoms with Crippen LogP contribution in [-0.4, -0.2) is 20.1 Å². The summed E-state index contributed by atoms with van der Waals surface area (Å²) in [5.41, 5.74) is 12.1. The van der Waals surface area contributed by atoms with E-state index in [2.05, 4.69) is 0 Å². The van der Waals surface area contributed by atoms with Gasteiger partial charge in [0.25, 0.3) is 0 Å². The van der Waals surface area contributed by atoms with Crippen LogP contribution in [0.3, 0.4) is 0 Å². The first-order valence-electron chi connectivity index (χ1n) is 6.34. The summed E-state index contributed by atoms with van der Waals surface area (Å²) in [5.74, 6) is 0.798. The normalized spacial score (nSPS) is 13.7. The van der Waals surface area contributed by atoms with E-state index in [9.17, 15) is 4.79 Å². The van der Waals surface area contributed by atoms with Gasteiger partial charge in [0.15, 0.2) is 0 Å². The van der Waals surface area contributed by atoms with Crippen LogP contribution in [-0.2, 0) is 4.79 Å². The largest absolute Gasteiger partial charge is 0.495 e. The molecule has 2 unspecified atom stereocenters. The summed E-state index contributed by atoms with van der Waals surface area (Å²) in [5, 5.41) is 0.394. The molecule has 0 aromatic heterocycles. The Kier molecular flexibility index (Phi) is 6.10. The van der Waals surface area contributed by atoms with Gasteiger partial charge in [0, 0.05) is 18.0 Å². The summed E-state index contributed by atoms with van der Waals surface area (Å²) < 4.78 is 10.5. The highest BCUT2D eigenvalue weighted by Gasteiger charge is 2.20. The molecule has 4 N–H and O–H groups in total. The van der Waals surface area contributed by atoms with Crippen LogP contribution in [0.2, 0.25) is 5.02 Å². The third kappa shape index (κ3) is 4.02. The van der Waals surface area contributed by atoms with Crippen molar-refractivity contribution >= 4 is 17.5 Å². The van der Waals surface area contributed by atoms with Crippen LogP contribution in [0.4, 0.5) is 0 Å². The van der Waals surface area contributed by atoms with Crippen molar-refractivity contribution < 1.29 is 14.3 Å². The van der Waals surface area contributed by atoms with Gasteiger partial charge in [0.1, 0.15) is 16.5 Å². The smallest absolute Gasteiger partial charge is 0.217 e. The number of rotatable bonds is 7. The van der Waals surface area contributed by atoms with Gasteiger partial charge in [-0.15, -0.1) is 0 Å². The molecule has 0 heterocycles. The van der Waals surface area contributed by atoms with Crippen LogP contribution in [0, 0.1) is 5.92 Å². The number of carbonyl (C=O) groups excluding carboxylic acids is 1. The average Bonchev–Trinajstić information content (AvgIpc) is 2.36. The lowest BCUT2D eigenvalue weighted by Gasteiger charge is -2.20. The Balaban J connectivity index is 2.95. The zero-order valence-electron chi connectivity index (χ0n) is 12.0. The summed E-state index contributed by atoms with van der Waals surface area (Å²) in [4.78, 5) is 10.9. The minimum atomic E-state index is -0.329. The van der Waals surface area contributed by atoms with E-state index in [1.54, 1.807) is 6.07 Å². The van der Waals surface area contributed by atoms with E-state index in [1.807, 2.05) is 13.0 Å². The first-order chi connectivity index (χ1) is 9.40. The van der Waals surface area contributed by atoms with Gasteiger partial charge in [0.05, 0.1) is 14.2 Å². The van der Waals surface area contributed by atoms with Gasteiger partial charge >= 0.3 is 0 Å². The number of hydrogen-bond acceptors (Lipinski definition) is 4.